The highest BCUT2D eigenvalue weighted by Gasteiger charge is 2.36. The summed E-state index contributed by atoms with van der Waals surface area (Å²) in [5.74, 6) is 0.356. The summed E-state index contributed by atoms with van der Waals surface area (Å²) in [5, 5.41) is 5.29. The van der Waals surface area contributed by atoms with Crippen molar-refractivity contribution in [2.45, 2.75) is 51.3 Å². The van der Waals surface area contributed by atoms with Gasteiger partial charge in [0.1, 0.15) is 11.3 Å². The number of fused-ring (bicyclic) bond motifs is 2. The number of hydrogen-bond donors (Lipinski definition) is 2. The first-order valence-electron chi connectivity index (χ1n) is 17.7. The first-order valence-corrected chi connectivity index (χ1v) is 18.4. The van der Waals surface area contributed by atoms with Gasteiger partial charge in [-0.15, -0.1) is 0 Å². The molecule has 2 amide bonds. The lowest BCUT2D eigenvalue weighted by Crippen LogP contribution is -2.47. The molecule has 2 aliphatic rings. The highest BCUT2D eigenvalue weighted by Crippen LogP contribution is 2.50. The number of ether oxygens (including phenoxy) is 1. The van der Waals surface area contributed by atoms with E-state index in [-0.39, 0.29) is 24.1 Å². The average Bonchev–Trinajstić information content (AvgIpc) is 3.75. The van der Waals surface area contributed by atoms with E-state index in [1.807, 2.05) is 106 Å². The molecule has 270 valence electrons. The fourth-order valence-corrected chi connectivity index (χ4v) is 7.93. The maximum Gasteiger partial charge on any atom is 0.410 e. The summed E-state index contributed by atoms with van der Waals surface area (Å²) < 4.78 is 7.73. The summed E-state index contributed by atoms with van der Waals surface area (Å²) in [6.07, 6.45) is 4.70. The fourth-order valence-electron chi connectivity index (χ4n) is 7.58. The van der Waals surface area contributed by atoms with Gasteiger partial charge in [-0.1, -0.05) is 65.7 Å². The number of anilines is 2. The van der Waals surface area contributed by atoms with Crippen LogP contribution in [0.5, 0.6) is 0 Å². The first kappa shape index (κ1) is 34.7. The van der Waals surface area contributed by atoms with Gasteiger partial charge in [-0.05, 0) is 81.1 Å². The van der Waals surface area contributed by atoms with E-state index in [1.165, 1.54) is 0 Å². The molecule has 3 aromatic heterocycles. The van der Waals surface area contributed by atoms with Crippen LogP contribution in [0.15, 0.2) is 91.4 Å². The number of carbonyl (C=O) groups excluding carboxylic acids is 2. The van der Waals surface area contributed by atoms with Crippen molar-refractivity contribution in [3.8, 4) is 22.5 Å². The standard InChI is InChI=1S/C41H39Cl2N7O3/c1-41(2,3)53-40(52)48(4)28-16-19-49(20-17-28)38-30(11-8-18-44-38)47-39(51)35-33-32-29(21-27(43)22-31(32)46-35)36(25-12-14-26(42)15-13-25)50-23-45-34(37(33)50)24-9-6-5-7-10-24/h5-15,18,21-23,28,36,46H,16-17,19-20H2,1-4H3,(H,47,51). The van der Waals surface area contributed by atoms with Crippen LogP contribution in [0.3, 0.4) is 0 Å². The molecule has 1 unspecified atom stereocenters. The van der Waals surface area contributed by atoms with E-state index in [9.17, 15) is 9.59 Å². The first-order chi connectivity index (χ1) is 25.5. The number of H-pyrrole nitrogens is 1. The highest BCUT2D eigenvalue weighted by atomic mass is 35.5. The Morgan fingerprint density at radius 3 is 2.40 bits per heavy atom. The van der Waals surface area contributed by atoms with E-state index < -0.39 is 5.60 Å². The van der Waals surface area contributed by atoms with Gasteiger partial charge in [0.2, 0.25) is 0 Å². The monoisotopic (exact) mass is 747 g/mol. The molecule has 3 aromatic carbocycles. The number of halogens is 2. The van der Waals surface area contributed by atoms with Crippen molar-refractivity contribution in [3.63, 3.8) is 0 Å². The van der Waals surface area contributed by atoms with Crippen LogP contribution in [0.25, 0.3) is 33.4 Å². The Bertz CT molecular complexity index is 2340. The minimum Gasteiger partial charge on any atom is -0.444 e. The topological polar surface area (TPSA) is 108 Å². The van der Waals surface area contributed by atoms with E-state index >= 15 is 0 Å². The zero-order chi connectivity index (χ0) is 37.0. The van der Waals surface area contributed by atoms with Crippen LogP contribution < -0.4 is 10.2 Å². The zero-order valence-corrected chi connectivity index (χ0v) is 31.4. The molecule has 0 saturated carbocycles. The van der Waals surface area contributed by atoms with Crippen molar-refractivity contribution in [3.05, 3.63) is 118 Å². The molecular weight excluding hydrogens is 709 g/mol. The lowest BCUT2D eigenvalue weighted by atomic mass is 9.88. The van der Waals surface area contributed by atoms with E-state index in [0.717, 1.165) is 57.4 Å². The Balaban J connectivity index is 1.16. The molecule has 1 fully saturated rings. The molecule has 0 aliphatic carbocycles. The lowest BCUT2D eigenvalue weighted by molar-refractivity contribution is 0.0200. The normalized spacial score (nSPS) is 15.7. The average molecular weight is 749 g/mol. The number of aromatic amines is 1. The highest BCUT2D eigenvalue weighted by molar-refractivity contribution is 6.32. The van der Waals surface area contributed by atoms with E-state index in [2.05, 4.69) is 19.8 Å². The van der Waals surface area contributed by atoms with E-state index in [4.69, 9.17) is 37.9 Å². The van der Waals surface area contributed by atoms with Crippen LogP contribution in [0.2, 0.25) is 10.0 Å². The summed E-state index contributed by atoms with van der Waals surface area (Å²) in [5.41, 5.74) is 6.40. The molecule has 5 heterocycles. The smallest absolute Gasteiger partial charge is 0.410 e. The van der Waals surface area contributed by atoms with Gasteiger partial charge in [0.05, 0.1) is 29.4 Å². The number of benzene rings is 3. The second-order valence-electron chi connectivity index (χ2n) is 14.6. The van der Waals surface area contributed by atoms with Crippen molar-refractivity contribution >= 4 is 57.6 Å². The quantitative estimate of drug-likeness (QED) is 0.176. The summed E-state index contributed by atoms with van der Waals surface area (Å²) in [6, 6.07) is 25.1. The summed E-state index contributed by atoms with van der Waals surface area (Å²) >= 11 is 13.1. The van der Waals surface area contributed by atoms with Crippen LogP contribution in [0, 0.1) is 0 Å². The molecule has 12 heteroatoms. The van der Waals surface area contributed by atoms with Crippen LogP contribution in [-0.4, -0.2) is 68.2 Å². The molecule has 0 bridgehead atoms. The van der Waals surface area contributed by atoms with Gasteiger partial charge in [-0.2, -0.15) is 0 Å². The van der Waals surface area contributed by atoms with Crippen LogP contribution >= 0.6 is 23.2 Å². The number of carbonyl (C=O) groups is 2. The number of hydrogen-bond acceptors (Lipinski definition) is 6. The Hall–Kier alpha value is -5.32. The molecule has 53 heavy (non-hydrogen) atoms. The number of nitrogens with zero attached hydrogens (tertiary/aromatic N) is 5. The number of aromatic nitrogens is 4. The van der Waals surface area contributed by atoms with Crippen molar-refractivity contribution < 1.29 is 14.3 Å². The van der Waals surface area contributed by atoms with E-state index in [0.29, 0.717) is 40.3 Å². The molecule has 0 spiro atoms. The number of piperidine rings is 1. The minimum atomic E-state index is -0.564. The zero-order valence-electron chi connectivity index (χ0n) is 29.9. The molecular formula is C41H39Cl2N7O3. The van der Waals surface area contributed by atoms with Crippen molar-refractivity contribution in [2.24, 2.45) is 0 Å². The summed E-state index contributed by atoms with van der Waals surface area (Å²) in [4.78, 5) is 44.3. The largest absolute Gasteiger partial charge is 0.444 e. The Labute approximate surface area is 317 Å². The van der Waals surface area contributed by atoms with Crippen LogP contribution in [0.1, 0.15) is 61.3 Å². The Morgan fingerprint density at radius 2 is 1.68 bits per heavy atom. The van der Waals surface area contributed by atoms with Gasteiger partial charge in [-0.3, -0.25) is 4.79 Å². The Morgan fingerprint density at radius 1 is 0.943 bits per heavy atom. The minimum absolute atomic E-state index is 0.0312. The third-order valence-electron chi connectivity index (χ3n) is 9.98. The molecule has 2 aliphatic heterocycles. The molecule has 8 rings (SSSR count). The lowest BCUT2D eigenvalue weighted by Gasteiger charge is -2.38. The number of nitrogens with one attached hydrogen (secondary N) is 2. The second kappa shape index (κ2) is 13.6. The van der Waals surface area contributed by atoms with Gasteiger partial charge >= 0.3 is 6.09 Å². The van der Waals surface area contributed by atoms with Gasteiger partial charge in [0, 0.05) is 64.5 Å². The fraction of sp³-hybridized carbons (Fsp3) is 0.268. The molecule has 1 saturated heterocycles. The van der Waals surface area contributed by atoms with Gasteiger partial charge in [0.15, 0.2) is 5.82 Å². The van der Waals surface area contributed by atoms with Crippen molar-refractivity contribution in [2.75, 3.05) is 30.4 Å². The third-order valence-corrected chi connectivity index (χ3v) is 10.5. The SMILES string of the molecule is CN(C(=O)OC(C)(C)C)C1CCN(c2ncccc2NC(=O)c2[nH]c3cc(Cl)cc4c3c2-c2c(-c3ccccc3)ncn2C4c2ccc(Cl)cc2)CC1. The van der Waals surface area contributed by atoms with Gasteiger partial charge in [0.25, 0.3) is 5.91 Å². The molecule has 0 radical (unpaired) electrons. The summed E-state index contributed by atoms with van der Waals surface area (Å²) in [7, 11) is 1.79. The van der Waals surface area contributed by atoms with Crippen LogP contribution in [-0.2, 0) is 4.74 Å². The number of imidazole rings is 1. The number of pyridine rings is 1. The van der Waals surface area contributed by atoms with Crippen LogP contribution in [0.4, 0.5) is 16.3 Å². The molecule has 6 aromatic rings. The molecule has 1 atom stereocenters. The van der Waals surface area contributed by atoms with Gasteiger partial charge in [-0.25, -0.2) is 14.8 Å². The maximum atomic E-state index is 14.6. The van der Waals surface area contributed by atoms with Crippen molar-refractivity contribution in [1.29, 1.82) is 0 Å². The number of amides is 2. The molecule has 2 N–H and O–H groups in total. The third kappa shape index (κ3) is 6.51. The molecule has 10 nitrogen and oxygen atoms in total. The predicted octanol–water partition coefficient (Wildman–Crippen LogP) is 9.44. The van der Waals surface area contributed by atoms with E-state index in [1.54, 1.807) is 18.1 Å². The predicted molar refractivity (Wildman–Crippen MR) is 210 cm³/mol. The summed E-state index contributed by atoms with van der Waals surface area (Å²) in [6.45, 7) is 6.91. The number of rotatable bonds is 6. The second-order valence-corrected chi connectivity index (χ2v) is 15.5. The maximum absolute atomic E-state index is 14.6. The van der Waals surface area contributed by atoms with Gasteiger partial charge < -0.3 is 29.4 Å². The van der Waals surface area contributed by atoms with Crippen molar-refractivity contribution in [1.82, 2.24) is 24.4 Å². The Kier molecular flexibility index (Phi) is 8.91.